The molecule has 0 bridgehead atoms. The molecular formula is C14H19ClN2OS. The number of nitrogens with two attached hydrogens (primary N) is 1. The van der Waals surface area contributed by atoms with Gasteiger partial charge >= 0.3 is 0 Å². The first-order chi connectivity index (χ1) is 9.13. The van der Waals surface area contributed by atoms with Crippen LogP contribution in [-0.2, 0) is 0 Å². The van der Waals surface area contributed by atoms with E-state index in [4.69, 9.17) is 17.3 Å². The topological polar surface area (TPSA) is 55.1 Å². The van der Waals surface area contributed by atoms with E-state index in [-0.39, 0.29) is 11.9 Å². The number of halogens is 1. The Kier molecular flexibility index (Phi) is 4.99. The average molecular weight is 299 g/mol. The summed E-state index contributed by atoms with van der Waals surface area (Å²) in [5.74, 6) is -0.158. The van der Waals surface area contributed by atoms with Gasteiger partial charge in [0.1, 0.15) is 0 Å². The monoisotopic (exact) mass is 298 g/mol. The predicted octanol–water partition coefficient (Wildman–Crippen LogP) is 3.33. The molecule has 104 valence electrons. The molecule has 0 aliphatic heterocycles. The van der Waals surface area contributed by atoms with Crippen molar-refractivity contribution in [2.75, 3.05) is 12.0 Å². The van der Waals surface area contributed by atoms with Crippen molar-refractivity contribution in [3.63, 3.8) is 0 Å². The molecule has 1 amide bonds. The Labute approximate surface area is 123 Å². The molecular weight excluding hydrogens is 280 g/mol. The fourth-order valence-corrected chi connectivity index (χ4v) is 3.77. The first kappa shape index (κ1) is 14.5. The van der Waals surface area contributed by atoms with E-state index < -0.39 is 0 Å². The molecule has 2 atom stereocenters. The van der Waals surface area contributed by atoms with Crippen molar-refractivity contribution in [2.24, 2.45) is 0 Å². The summed E-state index contributed by atoms with van der Waals surface area (Å²) in [7, 11) is 0. The van der Waals surface area contributed by atoms with E-state index in [1.807, 2.05) is 11.8 Å². The number of hydrogen-bond donors (Lipinski definition) is 2. The summed E-state index contributed by atoms with van der Waals surface area (Å²) in [6, 6.07) is 5.36. The van der Waals surface area contributed by atoms with Gasteiger partial charge in [0.15, 0.2) is 0 Å². The third-order valence-electron chi connectivity index (χ3n) is 3.59. The lowest BCUT2D eigenvalue weighted by Crippen LogP contribution is -2.43. The van der Waals surface area contributed by atoms with Gasteiger partial charge in [-0.2, -0.15) is 11.8 Å². The van der Waals surface area contributed by atoms with Crippen LogP contribution in [0.4, 0.5) is 5.69 Å². The quantitative estimate of drug-likeness (QED) is 0.842. The number of carbonyl (C=O) groups is 1. The summed E-state index contributed by atoms with van der Waals surface area (Å²) >= 11 is 7.89. The smallest absolute Gasteiger partial charge is 0.255 e. The zero-order valence-corrected chi connectivity index (χ0v) is 12.6. The fraction of sp³-hybridized carbons (Fsp3) is 0.500. The number of hydrogen-bond acceptors (Lipinski definition) is 3. The van der Waals surface area contributed by atoms with Crippen LogP contribution in [0.1, 0.15) is 36.0 Å². The van der Waals surface area contributed by atoms with Crippen molar-refractivity contribution < 1.29 is 4.79 Å². The lowest BCUT2D eigenvalue weighted by atomic mass is 9.94. The van der Waals surface area contributed by atoms with Crippen LogP contribution in [0.25, 0.3) is 0 Å². The lowest BCUT2D eigenvalue weighted by Gasteiger charge is -2.31. The molecule has 2 rings (SSSR count). The van der Waals surface area contributed by atoms with Crippen LogP contribution in [0.2, 0.25) is 5.02 Å². The van der Waals surface area contributed by atoms with Crippen LogP contribution in [0.3, 0.4) is 0 Å². The molecule has 0 radical (unpaired) electrons. The number of thioether (sulfide) groups is 1. The number of carbonyl (C=O) groups excluding carboxylic acids is 1. The van der Waals surface area contributed by atoms with Crippen molar-refractivity contribution in [2.45, 2.75) is 37.0 Å². The van der Waals surface area contributed by atoms with Crippen molar-refractivity contribution >= 4 is 35.0 Å². The predicted molar refractivity (Wildman–Crippen MR) is 82.9 cm³/mol. The first-order valence-electron chi connectivity index (χ1n) is 6.51. The molecule has 19 heavy (non-hydrogen) atoms. The molecule has 3 N–H and O–H groups in total. The van der Waals surface area contributed by atoms with Gasteiger partial charge in [-0.25, -0.2) is 0 Å². The van der Waals surface area contributed by atoms with Crippen molar-refractivity contribution in [3.8, 4) is 0 Å². The summed E-state index contributed by atoms with van der Waals surface area (Å²) in [6.45, 7) is 0. The number of anilines is 1. The van der Waals surface area contributed by atoms with E-state index in [0.717, 1.165) is 12.8 Å². The summed E-state index contributed by atoms with van der Waals surface area (Å²) < 4.78 is 0. The van der Waals surface area contributed by atoms with Crippen LogP contribution >= 0.6 is 23.4 Å². The normalized spacial score (nSPS) is 23.1. The Balaban J connectivity index is 2.12. The molecule has 1 aromatic rings. The van der Waals surface area contributed by atoms with E-state index in [0.29, 0.717) is 21.5 Å². The molecule has 5 heteroatoms. The van der Waals surface area contributed by atoms with Crippen LogP contribution in [0.15, 0.2) is 18.2 Å². The number of nitrogen functional groups attached to an aromatic ring is 1. The molecule has 0 heterocycles. The van der Waals surface area contributed by atoms with Gasteiger partial charge < -0.3 is 11.1 Å². The molecule has 1 aromatic carbocycles. The van der Waals surface area contributed by atoms with E-state index in [1.165, 1.54) is 12.8 Å². The lowest BCUT2D eigenvalue weighted by molar-refractivity contribution is 0.0930. The van der Waals surface area contributed by atoms with Gasteiger partial charge in [0.05, 0.1) is 10.6 Å². The largest absolute Gasteiger partial charge is 0.398 e. The van der Waals surface area contributed by atoms with E-state index in [1.54, 1.807) is 18.2 Å². The third kappa shape index (κ3) is 3.37. The molecule has 0 spiro atoms. The van der Waals surface area contributed by atoms with Gasteiger partial charge in [-0.3, -0.25) is 4.79 Å². The van der Waals surface area contributed by atoms with Gasteiger partial charge in [0.25, 0.3) is 5.91 Å². The molecule has 0 aromatic heterocycles. The summed E-state index contributed by atoms with van der Waals surface area (Å²) in [4.78, 5) is 12.3. The van der Waals surface area contributed by atoms with E-state index in [9.17, 15) is 4.79 Å². The van der Waals surface area contributed by atoms with E-state index >= 15 is 0 Å². The highest BCUT2D eigenvalue weighted by Crippen LogP contribution is 2.28. The van der Waals surface area contributed by atoms with Gasteiger partial charge in [0, 0.05) is 17.0 Å². The van der Waals surface area contributed by atoms with Crippen molar-refractivity contribution in [3.05, 3.63) is 28.8 Å². The van der Waals surface area contributed by atoms with Crippen molar-refractivity contribution in [1.29, 1.82) is 0 Å². The maximum atomic E-state index is 12.3. The second-order valence-corrected chi connectivity index (χ2v) is 6.33. The Morgan fingerprint density at radius 3 is 2.84 bits per heavy atom. The minimum absolute atomic E-state index is 0.158. The van der Waals surface area contributed by atoms with Gasteiger partial charge in [-0.05, 0) is 31.2 Å². The van der Waals surface area contributed by atoms with Crippen LogP contribution < -0.4 is 11.1 Å². The highest BCUT2D eigenvalue weighted by Gasteiger charge is 2.27. The zero-order valence-electron chi connectivity index (χ0n) is 11.0. The minimum Gasteiger partial charge on any atom is -0.398 e. The van der Waals surface area contributed by atoms with Crippen LogP contribution in [0, 0.1) is 0 Å². The van der Waals surface area contributed by atoms with Gasteiger partial charge in [-0.15, -0.1) is 0 Å². The Morgan fingerprint density at radius 1 is 1.42 bits per heavy atom. The maximum absolute atomic E-state index is 12.3. The Hall–Kier alpha value is -0.870. The van der Waals surface area contributed by atoms with Crippen LogP contribution in [0.5, 0.6) is 0 Å². The summed E-state index contributed by atoms with van der Waals surface area (Å²) in [6.07, 6.45) is 6.69. The highest BCUT2D eigenvalue weighted by atomic mass is 35.5. The Morgan fingerprint density at radius 2 is 2.16 bits per heavy atom. The second-order valence-electron chi connectivity index (χ2n) is 4.84. The molecule has 3 nitrogen and oxygen atoms in total. The highest BCUT2D eigenvalue weighted by molar-refractivity contribution is 7.99. The van der Waals surface area contributed by atoms with Crippen LogP contribution in [-0.4, -0.2) is 23.5 Å². The van der Waals surface area contributed by atoms with Gasteiger partial charge in [-0.1, -0.05) is 30.5 Å². The molecule has 1 fully saturated rings. The summed E-state index contributed by atoms with van der Waals surface area (Å²) in [5.41, 5.74) is 6.67. The third-order valence-corrected chi connectivity index (χ3v) is 5.08. The molecule has 2 unspecified atom stereocenters. The maximum Gasteiger partial charge on any atom is 0.255 e. The van der Waals surface area contributed by atoms with Crippen molar-refractivity contribution in [1.82, 2.24) is 5.32 Å². The van der Waals surface area contributed by atoms with E-state index in [2.05, 4.69) is 11.6 Å². The summed E-state index contributed by atoms with van der Waals surface area (Å²) in [5, 5.41) is 3.99. The molecule has 1 aliphatic rings. The molecule has 0 saturated heterocycles. The second kappa shape index (κ2) is 6.53. The number of rotatable bonds is 3. The average Bonchev–Trinajstić information content (AvgIpc) is 2.39. The SMILES string of the molecule is CSC1CCCCC1NC(=O)c1c(N)cccc1Cl. The molecule has 1 aliphatic carbocycles. The standard InChI is InChI=1S/C14H19ClN2OS/c1-19-12-8-3-2-7-11(12)17-14(18)13-9(15)5-4-6-10(13)16/h4-6,11-12H,2-3,7-8,16H2,1H3,(H,17,18). The number of amides is 1. The number of benzene rings is 1. The first-order valence-corrected chi connectivity index (χ1v) is 8.17. The fourth-order valence-electron chi connectivity index (χ4n) is 2.57. The Bertz CT molecular complexity index is 447. The van der Waals surface area contributed by atoms with Gasteiger partial charge in [0.2, 0.25) is 0 Å². The molecule has 1 saturated carbocycles. The number of nitrogens with one attached hydrogen (secondary N) is 1. The zero-order chi connectivity index (χ0) is 13.8. The minimum atomic E-state index is -0.158.